The summed E-state index contributed by atoms with van der Waals surface area (Å²) in [5.74, 6) is 1.44. The molecule has 3 rings (SSSR count). The molecular weight excluding hydrogens is 370 g/mol. The third-order valence-corrected chi connectivity index (χ3v) is 4.48. The van der Waals surface area contributed by atoms with Gasteiger partial charge in [-0.05, 0) is 38.2 Å². The second-order valence-electron chi connectivity index (χ2n) is 6.86. The summed E-state index contributed by atoms with van der Waals surface area (Å²) in [6.07, 6.45) is 0.870. The minimum absolute atomic E-state index is 0.633. The molecule has 0 amide bonds. The highest BCUT2D eigenvalue weighted by Gasteiger charge is 2.07. The van der Waals surface area contributed by atoms with Crippen molar-refractivity contribution >= 4 is 23.4 Å². The van der Waals surface area contributed by atoms with E-state index in [9.17, 15) is 0 Å². The topological polar surface area (TPSA) is 53.1 Å². The fourth-order valence-electron chi connectivity index (χ4n) is 2.79. The van der Waals surface area contributed by atoms with E-state index in [0.29, 0.717) is 5.95 Å². The summed E-state index contributed by atoms with van der Waals surface area (Å²) in [4.78, 5) is 11.4. The Morgan fingerprint density at radius 1 is 0.893 bits per heavy atom. The molecule has 0 fully saturated rings. The van der Waals surface area contributed by atoms with Gasteiger partial charge < -0.3 is 15.5 Å². The molecule has 0 aliphatic rings. The van der Waals surface area contributed by atoms with Crippen LogP contribution in [-0.2, 0) is 6.42 Å². The van der Waals surface area contributed by atoms with Gasteiger partial charge in [0.05, 0.1) is 5.69 Å². The first-order valence-electron chi connectivity index (χ1n) is 9.41. The molecular formula is C22H26ClN5. The Hall–Kier alpha value is -2.63. The summed E-state index contributed by atoms with van der Waals surface area (Å²) in [5, 5.41) is 7.50. The van der Waals surface area contributed by atoms with Gasteiger partial charge in [0.2, 0.25) is 5.95 Å². The molecule has 2 aromatic carbocycles. The Labute approximate surface area is 171 Å². The summed E-state index contributed by atoms with van der Waals surface area (Å²) >= 11 is 6.07. The average Bonchev–Trinajstić information content (AvgIpc) is 2.68. The molecule has 0 aliphatic heterocycles. The van der Waals surface area contributed by atoms with Crippen molar-refractivity contribution in [2.75, 3.05) is 44.4 Å². The normalized spacial score (nSPS) is 10.9. The number of hydrogen-bond acceptors (Lipinski definition) is 5. The zero-order valence-electron chi connectivity index (χ0n) is 16.3. The number of rotatable bonds is 9. The Kier molecular flexibility index (Phi) is 7.23. The lowest BCUT2D eigenvalue weighted by atomic mass is 10.1. The molecule has 3 aromatic rings. The molecule has 0 aliphatic carbocycles. The number of benzene rings is 2. The lowest BCUT2D eigenvalue weighted by Gasteiger charge is -2.13. The number of anilines is 2. The summed E-state index contributed by atoms with van der Waals surface area (Å²) in [5.41, 5.74) is 3.16. The van der Waals surface area contributed by atoms with Crippen LogP contribution >= 0.6 is 11.6 Å². The van der Waals surface area contributed by atoms with E-state index in [2.05, 4.69) is 43.7 Å². The first kappa shape index (κ1) is 20.1. The predicted octanol–water partition coefficient (Wildman–Crippen LogP) is 4.43. The average molecular weight is 396 g/mol. The van der Waals surface area contributed by atoms with Crippen molar-refractivity contribution in [2.45, 2.75) is 6.42 Å². The largest absolute Gasteiger partial charge is 0.370 e. The van der Waals surface area contributed by atoms with E-state index < -0.39 is 0 Å². The molecule has 1 aromatic heterocycles. The Morgan fingerprint density at radius 3 is 2.46 bits per heavy atom. The highest BCUT2D eigenvalue weighted by Crippen LogP contribution is 2.21. The summed E-state index contributed by atoms with van der Waals surface area (Å²) in [6, 6.07) is 20.1. The van der Waals surface area contributed by atoms with Gasteiger partial charge in [-0.2, -0.15) is 4.98 Å². The van der Waals surface area contributed by atoms with Gasteiger partial charge in [-0.1, -0.05) is 54.1 Å². The van der Waals surface area contributed by atoms with E-state index in [1.54, 1.807) is 0 Å². The maximum Gasteiger partial charge on any atom is 0.225 e. The molecule has 0 unspecified atom stereocenters. The van der Waals surface area contributed by atoms with Gasteiger partial charge in [0.15, 0.2) is 0 Å². The quantitative estimate of drug-likeness (QED) is 0.561. The molecule has 28 heavy (non-hydrogen) atoms. The maximum atomic E-state index is 6.07. The number of aromatic nitrogens is 2. The summed E-state index contributed by atoms with van der Waals surface area (Å²) < 4.78 is 0. The Morgan fingerprint density at radius 2 is 1.71 bits per heavy atom. The summed E-state index contributed by atoms with van der Waals surface area (Å²) in [7, 11) is 4.09. The number of hydrogen-bond donors (Lipinski definition) is 2. The van der Waals surface area contributed by atoms with Gasteiger partial charge in [0.25, 0.3) is 0 Å². The van der Waals surface area contributed by atoms with Crippen molar-refractivity contribution in [3.8, 4) is 11.3 Å². The van der Waals surface area contributed by atoms with E-state index in [1.807, 2.05) is 56.6 Å². The van der Waals surface area contributed by atoms with Crippen molar-refractivity contribution in [1.29, 1.82) is 0 Å². The van der Waals surface area contributed by atoms with Crippen molar-refractivity contribution < 1.29 is 0 Å². The van der Waals surface area contributed by atoms with E-state index in [4.69, 9.17) is 11.6 Å². The van der Waals surface area contributed by atoms with Crippen LogP contribution < -0.4 is 10.6 Å². The highest BCUT2D eigenvalue weighted by molar-refractivity contribution is 6.30. The number of halogens is 1. The van der Waals surface area contributed by atoms with E-state index in [1.165, 1.54) is 5.56 Å². The van der Waals surface area contributed by atoms with Gasteiger partial charge in [0.1, 0.15) is 5.82 Å². The molecule has 2 N–H and O–H groups in total. The van der Waals surface area contributed by atoms with Crippen molar-refractivity contribution in [1.82, 2.24) is 14.9 Å². The van der Waals surface area contributed by atoms with Crippen LogP contribution in [0.1, 0.15) is 5.56 Å². The number of nitrogens with zero attached hydrogens (tertiary/aromatic N) is 3. The monoisotopic (exact) mass is 395 g/mol. The lowest BCUT2D eigenvalue weighted by Crippen LogP contribution is -2.21. The first-order valence-corrected chi connectivity index (χ1v) is 9.79. The van der Waals surface area contributed by atoms with Crippen LogP contribution in [0.3, 0.4) is 0 Å². The smallest absolute Gasteiger partial charge is 0.225 e. The minimum Gasteiger partial charge on any atom is -0.370 e. The zero-order valence-corrected chi connectivity index (χ0v) is 17.1. The SMILES string of the molecule is CN(C)CCNc1nc(NCCc2cccc(Cl)c2)cc(-c2ccccc2)n1. The Balaban J connectivity index is 1.72. The van der Waals surface area contributed by atoms with Crippen LogP contribution in [0.2, 0.25) is 5.02 Å². The van der Waals surface area contributed by atoms with Crippen LogP contribution in [0.15, 0.2) is 60.7 Å². The third-order valence-electron chi connectivity index (χ3n) is 4.25. The van der Waals surface area contributed by atoms with Crippen LogP contribution in [0, 0.1) is 0 Å². The summed E-state index contributed by atoms with van der Waals surface area (Å²) in [6.45, 7) is 2.46. The molecule has 0 spiro atoms. The first-order chi connectivity index (χ1) is 13.6. The van der Waals surface area contributed by atoms with E-state index >= 15 is 0 Å². The van der Waals surface area contributed by atoms with Crippen LogP contribution in [0.25, 0.3) is 11.3 Å². The Bertz CT molecular complexity index is 883. The van der Waals surface area contributed by atoms with Gasteiger partial charge in [-0.3, -0.25) is 0 Å². The van der Waals surface area contributed by atoms with Gasteiger partial charge in [-0.15, -0.1) is 0 Å². The highest BCUT2D eigenvalue weighted by atomic mass is 35.5. The molecule has 5 nitrogen and oxygen atoms in total. The van der Waals surface area contributed by atoms with Crippen molar-refractivity contribution in [2.24, 2.45) is 0 Å². The second-order valence-corrected chi connectivity index (χ2v) is 7.30. The predicted molar refractivity (Wildman–Crippen MR) is 118 cm³/mol. The molecule has 0 atom stereocenters. The molecule has 0 saturated carbocycles. The van der Waals surface area contributed by atoms with Crippen molar-refractivity contribution in [3.63, 3.8) is 0 Å². The molecule has 6 heteroatoms. The third kappa shape index (κ3) is 6.22. The van der Waals surface area contributed by atoms with Crippen LogP contribution in [0.4, 0.5) is 11.8 Å². The maximum absolute atomic E-state index is 6.07. The molecule has 0 bridgehead atoms. The molecule has 0 saturated heterocycles. The van der Waals surface area contributed by atoms with Gasteiger partial charge in [-0.25, -0.2) is 4.98 Å². The van der Waals surface area contributed by atoms with Crippen molar-refractivity contribution in [3.05, 3.63) is 71.2 Å². The zero-order chi connectivity index (χ0) is 19.8. The van der Waals surface area contributed by atoms with Crippen LogP contribution in [-0.4, -0.2) is 48.6 Å². The van der Waals surface area contributed by atoms with E-state index in [0.717, 1.165) is 48.2 Å². The van der Waals surface area contributed by atoms with Crippen LogP contribution in [0.5, 0.6) is 0 Å². The van der Waals surface area contributed by atoms with Gasteiger partial charge in [0, 0.05) is 36.3 Å². The second kappa shape index (κ2) is 10.1. The number of nitrogens with one attached hydrogen (secondary N) is 2. The fourth-order valence-corrected chi connectivity index (χ4v) is 3.01. The van der Waals surface area contributed by atoms with E-state index in [-0.39, 0.29) is 0 Å². The standard InChI is InChI=1S/C22H26ClN5/c1-28(2)14-13-25-22-26-20(18-8-4-3-5-9-18)16-21(27-22)24-12-11-17-7-6-10-19(23)15-17/h3-10,15-16H,11-14H2,1-2H3,(H2,24,25,26,27). The lowest BCUT2D eigenvalue weighted by molar-refractivity contribution is 0.425. The number of likely N-dealkylation sites (N-methyl/N-ethyl adjacent to an activating group) is 1. The fraction of sp³-hybridized carbons (Fsp3) is 0.273. The molecule has 146 valence electrons. The molecule has 0 radical (unpaired) electrons. The minimum atomic E-state index is 0.633. The molecule has 1 heterocycles. The van der Waals surface area contributed by atoms with Gasteiger partial charge >= 0.3 is 0 Å².